The Balaban J connectivity index is -0.00000000800. The molecule has 0 amide bonds. The van der Waals surface area contributed by atoms with E-state index >= 15 is 0 Å². The Morgan fingerprint density at radius 3 is 1.25 bits per heavy atom. The van der Waals surface area contributed by atoms with Gasteiger partial charge in [0.05, 0.1) is 0 Å². The van der Waals surface area contributed by atoms with E-state index in [0.717, 1.165) is 0 Å². The Kier molecular flexibility index (Phi) is 27.3. The number of hydrogen-bond donors (Lipinski definition) is 3. The predicted octanol–water partition coefficient (Wildman–Crippen LogP) is -2.27. The normalized spacial score (nSPS) is 7.38. The standard InChI is InChI=1S/Al.H3O4P.Sr.Zn.5H/c;1-5(2,3)4;;;;;;;/h;(H3,1,2,3,4);;;;;;;/q;;+2;;;;;2*-1. The van der Waals surface area contributed by atoms with E-state index in [0.29, 0.717) is 0 Å². The zero-order chi connectivity index (χ0) is 4.50. The van der Waals surface area contributed by atoms with Crippen LogP contribution in [0.3, 0.4) is 0 Å². The molecule has 0 aromatic heterocycles. The molecule has 0 radical (unpaired) electrons. The second-order valence-electron chi connectivity index (χ2n) is 0.513. The molecule has 8 heavy (non-hydrogen) atoms. The molecule has 8 heteroatoms. The largest absolute Gasteiger partial charge is 2.00 e. The zero-order valence-electron chi connectivity index (χ0n) is 5.61. The van der Waals surface area contributed by atoms with Crippen LogP contribution in [-0.4, -0.2) is 77.5 Å². The third-order valence-corrected chi connectivity index (χ3v) is 0. The molecule has 0 rings (SSSR count). The van der Waals surface area contributed by atoms with Crippen molar-refractivity contribution in [2.75, 3.05) is 0 Å². The van der Waals surface area contributed by atoms with Crippen LogP contribution in [0.2, 0.25) is 0 Å². The van der Waals surface area contributed by atoms with Gasteiger partial charge in [0.25, 0.3) is 0 Å². The summed E-state index contributed by atoms with van der Waals surface area (Å²) in [6.07, 6.45) is 0. The Bertz CT molecular complexity index is 69.4. The Labute approximate surface area is 110 Å². The van der Waals surface area contributed by atoms with Gasteiger partial charge in [-0.15, -0.1) is 0 Å². The molecular weight excluding hydrogens is 275 g/mol. The molecule has 0 fully saturated rings. The van der Waals surface area contributed by atoms with E-state index < -0.39 is 7.82 Å². The molecule has 0 saturated carbocycles. The molecule has 0 heterocycles. The summed E-state index contributed by atoms with van der Waals surface area (Å²) >= 11 is 0. The van der Waals surface area contributed by atoms with E-state index in [1.165, 1.54) is 0 Å². The minimum absolute atomic E-state index is 0. The van der Waals surface area contributed by atoms with Gasteiger partial charge in [0.1, 0.15) is 0 Å². The van der Waals surface area contributed by atoms with Crippen LogP contribution >= 0.6 is 7.82 Å². The van der Waals surface area contributed by atoms with Gasteiger partial charge in [-0.3, -0.25) is 0 Å². The number of rotatable bonds is 0. The van der Waals surface area contributed by atoms with Crippen molar-refractivity contribution >= 4 is 70.7 Å². The van der Waals surface area contributed by atoms with E-state index in [-0.39, 0.29) is 85.2 Å². The summed E-state index contributed by atoms with van der Waals surface area (Å²) in [7, 11) is -4.64. The summed E-state index contributed by atoms with van der Waals surface area (Å²) < 4.78 is 8.88. The molecule has 0 unspecified atom stereocenters. The predicted molar refractivity (Wildman–Crippen MR) is 32.2 cm³/mol. The molecule has 4 nitrogen and oxygen atoms in total. The molecule has 0 aromatic rings. The SMILES string of the molecule is O=P(O)(O)O.[AlH3].[H-].[H-].[Sr+2].[Zn]. The zero-order valence-corrected chi connectivity index (χ0v) is 10.9. The fraction of sp³-hybridized carbons (Fsp3) is 0. The van der Waals surface area contributed by atoms with E-state index in [1.807, 2.05) is 0 Å². The molecule has 0 aliphatic heterocycles. The van der Waals surface area contributed by atoms with Crippen LogP contribution in [0.5, 0.6) is 0 Å². The van der Waals surface area contributed by atoms with Crippen LogP contribution in [0.1, 0.15) is 2.85 Å². The van der Waals surface area contributed by atoms with E-state index in [9.17, 15) is 0 Å². The quantitative estimate of drug-likeness (QED) is 0.346. The molecule has 0 atom stereocenters. The first-order valence-corrected chi connectivity index (χ1v) is 2.35. The van der Waals surface area contributed by atoms with E-state index in [1.54, 1.807) is 0 Å². The van der Waals surface area contributed by atoms with Crippen LogP contribution in [0.15, 0.2) is 0 Å². The van der Waals surface area contributed by atoms with Gasteiger partial charge in [-0.25, -0.2) is 4.57 Å². The maximum absolute atomic E-state index is 8.88. The van der Waals surface area contributed by atoms with Crippen LogP contribution in [0.25, 0.3) is 0 Å². The molecule has 0 aliphatic rings. The van der Waals surface area contributed by atoms with Crippen molar-refractivity contribution in [1.29, 1.82) is 0 Å². The van der Waals surface area contributed by atoms with Crippen molar-refractivity contribution in [2.45, 2.75) is 0 Å². The molecule has 0 aromatic carbocycles. The molecule has 0 spiro atoms. The summed E-state index contributed by atoms with van der Waals surface area (Å²) in [4.78, 5) is 21.6. The van der Waals surface area contributed by atoms with Gasteiger partial charge in [0.15, 0.2) is 17.4 Å². The Hall–Kier alpha value is 2.75. The van der Waals surface area contributed by atoms with Crippen LogP contribution in [-0.2, 0) is 24.0 Å². The molecule has 44 valence electrons. The summed E-state index contributed by atoms with van der Waals surface area (Å²) in [5, 5.41) is 0. The van der Waals surface area contributed by atoms with Gasteiger partial charge in [-0.05, 0) is 0 Å². The van der Waals surface area contributed by atoms with E-state index in [4.69, 9.17) is 19.2 Å². The number of phosphoric acid groups is 1. The van der Waals surface area contributed by atoms with Crippen molar-refractivity contribution < 1.29 is 41.6 Å². The fourth-order valence-corrected chi connectivity index (χ4v) is 0. The van der Waals surface area contributed by atoms with Crippen molar-refractivity contribution in [2.24, 2.45) is 0 Å². The third kappa shape index (κ3) is 69.6. The maximum Gasteiger partial charge on any atom is 2.00 e. The second kappa shape index (κ2) is 9.75. The molecule has 0 bridgehead atoms. The van der Waals surface area contributed by atoms with E-state index in [2.05, 4.69) is 0 Å². The molecule has 3 N–H and O–H groups in total. The Morgan fingerprint density at radius 2 is 1.25 bits per heavy atom. The summed E-state index contributed by atoms with van der Waals surface area (Å²) in [6, 6.07) is 0. The van der Waals surface area contributed by atoms with Crippen LogP contribution in [0.4, 0.5) is 0 Å². The molecular formula is H8AlO4PSrZn. The fourth-order valence-electron chi connectivity index (χ4n) is 0. The maximum atomic E-state index is 8.88. The van der Waals surface area contributed by atoms with Crippen LogP contribution in [0, 0.1) is 0 Å². The Morgan fingerprint density at radius 1 is 1.25 bits per heavy atom. The second-order valence-corrected chi connectivity index (χ2v) is 1.54. The first-order valence-electron chi connectivity index (χ1n) is 0.783. The summed E-state index contributed by atoms with van der Waals surface area (Å²) in [5.41, 5.74) is 0. The smallest absolute Gasteiger partial charge is 1.00 e. The molecule has 0 saturated heterocycles. The molecule has 0 aliphatic carbocycles. The van der Waals surface area contributed by atoms with Crippen molar-refractivity contribution in [1.82, 2.24) is 0 Å². The minimum atomic E-state index is -4.64. The van der Waals surface area contributed by atoms with Crippen molar-refractivity contribution in [3.8, 4) is 0 Å². The van der Waals surface area contributed by atoms with Gasteiger partial charge >= 0.3 is 53.3 Å². The van der Waals surface area contributed by atoms with Crippen LogP contribution < -0.4 is 0 Å². The average molecular weight is 283 g/mol. The van der Waals surface area contributed by atoms with Gasteiger partial charge in [0, 0.05) is 19.5 Å². The summed E-state index contributed by atoms with van der Waals surface area (Å²) in [5.74, 6) is 0. The average Bonchev–Trinajstić information content (AvgIpc) is 0.722. The monoisotopic (exact) mass is 282 g/mol. The first-order chi connectivity index (χ1) is 2.00. The van der Waals surface area contributed by atoms with Gasteiger partial charge in [-0.1, -0.05) is 0 Å². The van der Waals surface area contributed by atoms with Gasteiger partial charge in [0.2, 0.25) is 0 Å². The third-order valence-electron chi connectivity index (χ3n) is 0. The minimum Gasteiger partial charge on any atom is -1.00 e. The van der Waals surface area contributed by atoms with Crippen molar-refractivity contribution in [3.63, 3.8) is 0 Å². The van der Waals surface area contributed by atoms with Crippen molar-refractivity contribution in [3.05, 3.63) is 0 Å². The van der Waals surface area contributed by atoms with Gasteiger partial charge in [-0.2, -0.15) is 0 Å². The first kappa shape index (κ1) is 22.4. The topological polar surface area (TPSA) is 77.8 Å². The summed E-state index contributed by atoms with van der Waals surface area (Å²) in [6.45, 7) is 0. The van der Waals surface area contributed by atoms with Gasteiger partial charge < -0.3 is 17.5 Å². The number of hydrogen-bond acceptors (Lipinski definition) is 1.